The summed E-state index contributed by atoms with van der Waals surface area (Å²) in [5.41, 5.74) is -0.186. The van der Waals surface area contributed by atoms with E-state index in [2.05, 4.69) is 16.3 Å². The third-order valence-corrected chi connectivity index (χ3v) is 4.42. The molecule has 3 aliphatic rings. The summed E-state index contributed by atoms with van der Waals surface area (Å²) in [7, 11) is 0. The number of hydrogen-bond donors (Lipinski definition) is 1. The predicted octanol–water partition coefficient (Wildman–Crippen LogP) is 1.65. The highest BCUT2D eigenvalue weighted by Crippen LogP contribution is 2.36. The van der Waals surface area contributed by atoms with Crippen LogP contribution in [0.1, 0.15) is 44.9 Å². The van der Waals surface area contributed by atoms with Crippen LogP contribution in [0.5, 0.6) is 0 Å². The Morgan fingerprint density at radius 1 is 1.19 bits per heavy atom. The van der Waals surface area contributed by atoms with E-state index in [-0.39, 0.29) is 5.54 Å². The molecule has 0 aromatic carbocycles. The van der Waals surface area contributed by atoms with Gasteiger partial charge < -0.3 is 4.90 Å². The highest BCUT2D eigenvalue weighted by Gasteiger charge is 2.44. The maximum Gasteiger partial charge on any atom is 0.108 e. The molecule has 2 saturated carbocycles. The van der Waals surface area contributed by atoms with Crippen LogP contribution in [0.2, 0.25) is 0 Å². The topological polar surface area (TPSA) is 39.1 Å². The minimum atomic E-state index is -0.186. The summed E-state index contributed by atoms with van der Waals surface area (Å²) < 4.78 is 0. The third-order valence-electron chi connectivity index (χ3n) is 4.42. The molecule has 3 nitrogen and oxygen atoms in total. The van der Waals surface area contributed by atoms with Crippen LogP contribution in [0.4, 0.5) is 0 Å². The van der Waals surface area contributed by atoms with Gasteiger partial charge in [-0.3, -0.25) is 5.32 Å². The normalized spacial score (nSPS) is 40.1. The van der Waals surface area contributed by atoms with E-state index in [1.807, 2.05) is 0 Å². The summed E-state index contributed by atoms with van der Waals surface area (Å²) in [5.74, 6) is 0. The van der Waals surface area contributed by atoms with E-state index < -0.39 is 0 Å². The lowest BCUT2D eigenvalue weighted by molar-refractivity contribution is 0.236. The van der Waals surface area contributed by atoms with E-state index in [4.69, 9.17) is 0 Å². The second kappa shape index (κ2) is 4.01. The number of nitrogens with one attached hydrogen (secondary N) is 1. The van der Waals surface area contributed by atoms with Crippen molar-refractivity contribution in [2.75, 3.05) is 13.1 Å². The molecule has 0 aromatic heterocycles. The second-order valence-electron chi connectivity index (χ2n) is 5.75. The van der Waals surface area contributed by atoms with Gasteiger partial charge in [0.15, 0.2) is 0 Å². The molecule has 3 rings (SSSR count). The lowest BCUT2D eigenvalue weighted by Gasteiger charge is -2.26. The van der Waals surface area contributed by atoms with Crippen LogP contribution in [-0.2, 0) is 0 Å². The maximum absolute atomic E-state index is 9.42. The lowest BCUT2D eigenvalue weighted by Crippen LogP contribution is -2.44. The van der Waals surface area contributed by atoms with Crippen LogP contribution in [0, 0.1) is 11.3 Å². The maximum atomic E-state index is 9.42. The van der Waals surface area contributed by atoms with Gasteiger partial charge in [0, 0.05) is 12.1 Å². The van der Waals surface area contributed by atoms with Crippen molar-refractivity contribution in [1.29, 1.82) is 5.26 Å². The van der Waals surface area contributed by atoms with Gasteiger partial charge in [-0.2, -0.15) is 5.26 Å². The first kappa shape index (κ1) is 10.6. The Morgan fingerprint density at radius 3 is 2.56 bits per heavy atom. The van der Waals surface area contributed by atoms with Crippen molar-refractivity contribution in [3.63, 3.8) is 0 Å². The van der Waals surface area contributed by atoms with Crippen LogP contribution < -0.4 is 5.32 Å². The zero-order chi connectivity index (χ0) is 11.0. The Morgan fingerprint density at radius 2 is 1.94 bits per heavy atom. The number of rotatable bonds is 3. The van der Waals surface area contributed by atoms with Crippen molar-refractivity contribution >= 4 is 0 Å². The number of nitriles is 1. The summed E-state index contributed by atoms with van der Waals surface area (Å²) in [6, 6.07) is 3.89. The molecule has 0 bridgehead atoms. The number of likely N-dealkylation sites (tertiary alicyclic amines) is 1. The fourth-order valence-electron chi connectivity index (χ4n) is 3.32. The van der Waals surface area contributed by atoms with E-state index >= 15 is 0 Å². The number of nitrogens with zero attached hydrogens (tertiary/aromatic N) is 2. The zero-order valence-electron chi connectivity index (χ0n) is 9.91. The summed E-state index contributed by atoms with van der Waals surface area (Å²) in [5, 5.41) is 13.0. The molecular formula is C13H21N3. The molecule has 0 radical (unpaired) electrons. The molecule has 3 fully saturated rings. The van der Waals surface area contributed by atoms with Crippen molar-refractivity contribution in [3.05, 3.63) is 0 Å². The molecule has 0 amide bonds. The molecule has 0 spiro atoms. The van der Waals surface area contributed by atoms with Crippen LogP contribution in [-0.4, -0.2) is 35.6 Å². The highest BCUT2D eigenvalue weighted by atomic mass is 15.2. The van der Waals surface area contributed by atoms with Crippen LogP contribution in [0.25, 0.3) is 0 Å². The van der Waals surface area contributed by atoms with Crippen LogP contribution >= 0.6 is 0 Å². The summed E-state index contributed by atoms with van der Waals surface area (Å²) in [4.78, 5) is 2.60. The zero-order valence-corrected chi connectivity index (χ0v) is 9.91. The van der Waals surface area contributed by atoms with E-state index in [1.54, 1.807) is 0 Å². The van der Waals surface area contributed by atoms with Gasteiger partial charge in [0.05, 0.1) is 6.07 Å². The van der Waals surface area contributed by atoms with Gasteiger partial charge in [-0.1, -0.05) is 0 Å². The molecule has 3 heteroatoms. The minimum absolute atomic E-state index is 0.186. The van der Waals surface area contributed by atoms with Gasteiger partial charge in [-0.15, -0.1) is 0 Å². The summed E-state index contributed by atoms with van der Waals surface area (Å²) in [6.45, 7) is 2.52. The summed E-state index contributed by atoms with van der Waals surface area (Å²) in [6.07, 6.45) is 8.59. The Kier molecular flexibility index (Phi) is 2.65. The SMILES string of the molecule is N#CC1(NC2CC2)CCC(N2CCCC2)C1. The largest absolute Gasteiger partial charge is 0.300 e. The van der Waals surface area contributed by atoms with E-state index in [9.17, 15) is 5.26 Å². The third kappa shape index (κ3) is 1.97. The van der Waals surface area contributed by atoms with Gasteiger partial charge in [-0.25, -0.2) is 0 Å². The number of hydrogen-bond acceptors (Lipinski definition) is 3. The molecule has 1 N–H and O–H groups in total. The molecule has 2 unspecified atom stereocenters. The summed E-state index contributed by atoms with van der Waals surface area (Å²) >= 11 is 0. The van der Waals surface area contributed by atoms with Crippen LogP contribution in [0.3, 0.4) is 0 Å². The Hall–Kier alpha value is -0.590. The predicted molar refractivity (Wildman–Crippen MR) is 62.9 cm³/mol. The molecule has 1 aliphatic heterocycles. The van der Waals surface area contributed by atoms with Gasteiger partial charge in [0.1, 0.15) is 5.54 Å². The van der Waals surface area contributed by atoms with Crippen molar-refractivity contribution in [2.45, 2.75) is 62.6 Å². The molecule has 1 saturated heterocycles. The first-order chi connectivity index (χ1) is 7.81. The monoisotopic (exact) mass is 219 g/mol. The van der Waals surface area contributed by atoms with E-state index in [1.165, 1.54) is 45.2 Å². The molecule has 2 atom stereocenters. The Labute approximate surface area is 97.8 Å². The molecule has 88 valence electrons. The van der Waals surface area contributed by atoms with E-state index in [0.717, 1.165) is 12.8 Å². The van der Waals surface area contributed by atoms with Gasteiger partial charge in [0.2, 0.25) is 0 Å². The van der Waals surface area contributed by atoms with Crippen LogP contribution in [0.15, 0.2) is 0 Å². The lowest BCUT2D eigenvalue weighted by atomic mass is 9.99. The van der Waals surface area contributed by atoms with Crippen molar-refractivity contribution in [1.82, 2.24) is 10.2 Å². The van der Waals surface area contributed by atoms with Gasteiger partial charge in [-0.05, 0) is 58.0 Å². The molecule has 0 aromatic rings. The minimum Gasteiger partial charge on any atom is -0.300 e. The fraction of sp³-hybridized carbons (Fsp3) is 0.923. The van der Waals surface area contributed by atoms with Crippen molar-refractivity contribution in [3.8, 4) is 6.07 Å². The first-order valence-electron chi connectivity index (χ1n) is 6.74. The molecule has 16 heavy (non-hydrogen) atoms. The highest BCUT2D eigenvalue weighted by molar-refractivity contribution is 5.15. The first-order valence-corrected chi connectivity index (χ1v) is 6.74. The molecule has 2 aliphatic carbocycles. The molecular weight excluding hydrogens is 198 g/mol. The fourth-order valence-corrected chi connectivity index (χ4v) is 3.32. The van der Waals surface area contributed by atoms with Crippen molar-refractivity contribution in [2.24, 2.45) is 0 Å². The van der Waals surface area contributed by atoms with Crippen molar-refractivity contribution < 1.29 is 0 Å². The quantitative estimate of drug-likeness (QED) is 0.784. The average molecular weight is 219 g/mol. The Bertz CT molecular complexity index is 299. The van der Waals surface area contributed by atoms with Gasteiger partial charge >= 0.3 is 0 Å². The second-order valence-corrected chi connectivity index (χ2v) is 5.75. The smallest absolute Gasteiger partial charge is 0.108 e. The van der Waals surface area contributed by atoms with Gasteiger partial charge in [0.25, 0.3) is 0 Å². The molecule has 1 heterocycles. The standard InChI is InChI=1S/C13H21N3/c14-10-13(15-11-3-4-11)6-5-12(9-13)16-7-1-2-8-16/h11-12,15H,1-9H2. The Balaban J connectivity index is 1.62. The average Bonchev–Trinajstić information content (AvgIpc) is 2.84. The van der Waals surface area contributed by atoms with E-state index in [0.29, 0.717) is 12.1 Å².